The van der Waals surface area contributed by atoms with E-state index in [4.69, 9.17) is 10.4 Å². The van der Waals surface area contributed by atoms with Gasteiger partial charge in [0, 0.05) is 12.6 Å². The zero-order chi connectivity index (χ0) is 17.1. The Morgan fingerprint density at radius 3 is 2.39 bits per heavy atom. The Bertz CT molecular complexity index is 800. The van der Waals surface area contributed by atoms with Crippen LogP contribution < -0.4 is 5.43 Å². The fraction of sp³-hybridized carbons (Fsp3) is 0.133. The molecule has 1 aliphatic heterocycles. The van der Waals surface area contributed by atoms with Crippen LogP contribution in [0.2, 0.25) is 0 Å². The lowest BCUT2D eigenvalue weighted by Crippen LogP contribution is -2.44. The first-order valence-electron chi connectivity index (χ1n) is 6.47. The first-order chi connectivity index (χ1) is 10.9. The number of nitriles is 1. The summed E-state index contributed by atoms with van der Waals surface area (Å²) in [7, 11) is 1.27. The van der Waals surface area contributed by atoms with Gasteiger partial charge in [0.05, 0.1) is 11.3 Å². The number of nitrogens with one attached hydrogen (secondary N) is 1. The van der Waals surface area contributed by atoms with Crippen molar-refractivity contribution < 1.29 is 19.5 Å². The molecule has 0 atom stereocenters. The smallest absolute Gasteiger partial charge is 0.335 e. The van der Waals surface area contributed by atoms with Gasteiger partial charge in [0.25, 0.3) is 11.8 Å². The van der Waals surface area contributed by atoms with Crippen LogP contribution in [-0.2, 0) is 9.59 Å². The van der Waals surface area contributed by atoms with E-state index in [2.05, 4.69) is 10.5 Å². The summed E-state index contributed by atoms with van der Waals surface area (Å²) in [4.78, 5) is 35.5. The molecule has 1 aromatic carbocycles. The third-order valence-corrected chi connectivity index (χ3v) is 3.30. The minimum atomic E-state index is -1.05. The predicted octanol–water partition coefficient (Wildman–Crippen LogP) is 0.991. The van der Waals surface area contributed by atoms with Gasteiger partial charge in [-0.05, 0) is 31.2 Å². The van der Waals surface area contributed by atoms with Crippen LogP contribution in [0.1, 0.15) is 17.3 Å². The summed E-state index contributed by atoms with van der Waals surface area (Å²) < 4.78 is 0. The highest BCUT2D eigenvalue weighted by molar-refractivity contribution is 6.50. The molecule has 23 heavy (non-hydrogen) atoms. The topological polar surface area (TPSA) is 123 Å². The van der Waals surface area contributed by atoms with Crippen molar-refractivity contribution in [2.24, 2.45) is 5.10 Å². The van der Waals surface area contributed by atoms with Crippen LogP contribution in [-0.4, -0.2) is 40.5 Å². The highest BCUT2D eigenvalue weighted by atomic mass is 16.4. The number of hydrogen-bond acceptors (Lipinski definition) is 6. The minimum absolute atomic E-state index is 0.0500. The maximum absolute atomic E-state index is 12.1. The van der Waals surface area contributed by atoms with Crippen LogP contribution in [0.15, 0.2) is 40.5 Å². The number of imide groups is 1. The van der Waals surface area contributed by atoms with Crippen molar-refractivity contribution in [2.45, 2.75) is 6.92 Å². The molecule has 2 rings (SSSR count). The standard InChI is InChI=1S/C15H12N4O4/c1-8-11(7-16)13(20)19(2)14(21)12(8)18-17-10-5-3-9(4-6-10)15(22)23/h3-6,17H,1-2H3,(H,22,23)/b18-12-. The predicted molar refractivity (Wildman–Crippen MR) is 80.5 cm³/mol. The van der Waals surface area contributed by atoms with Crippen LogP contribution in [0.25, 0.3) is 0 Å². The quantitative estimate of drug-likeness (QED) is 0.634. The van der Waals surface area contributed by atoms with Crippen molar-refractivity contribution in [3.05, 3.63) is 41.0 Å². The Labute approximate surface area is 131 Å². The first-order valence-corrected chi connectivity index (χ1v) is 6.47. The normalized spacial score (nSPS) is 16.6. The molecule has 2 N–H and O–H groups in total. The van der Waals surface area contributed by atoms with Gasteiger partial charge in [-0.1, -0.05) is 0 Å². The number of hydrazone groups is 1. The summed E-state index contributed by atoms with van der Waals surface area (Å²) in [6.07, 6.45) is 0. The third kappa shape index (κ3) is 2.94. The highest BCUT2D eigenvalue weighted by Gasteiger charge is 2.34. The SMILES string of the molecule is CC1=C(C#N)C(=O)N(C)C(=O)/C1=N\Nc1ccc(C(=O)O)cc1. The number of carbonyl (C=O) groups is 3. The molecule has 0 aliphatic carbocycles. The average Bonchev–Trinajstić information content (AvgIpc) is 2.54. The van der Waals surface area contributed by atoms with Crippen molar-refractivity contribution >= 4 is 29.2 Å². The number of rotatable bonds is 3. The van der Waals surface area contributed by atoms with E-state index in [-0.39, 0.29) is 22.4 Å². The molecule has 0 spiro atoms. The zero-order valence-electron chi connectivity index (χ0n) is 12.3. The van der Waals surface area contributed by atoms with Crippen LogP contribution in [0, 0.1) is 11.3 Å². The number of anilines is 1. The van der Waals surface area contributed by atoms with Crippen LogP contribution in [0.5, 0.6) is 0 Å². The van der Waals surface area contributed by atoms with Crippen LogP contribution >= 0.6 is 0 Å². The fourth-order valence-electron chi connectivity index (χ4n) is 1.93. The van der Waals surface area contributed by atoms with Crippen LogP contribution in [0.4, 0.5) is 5.69 Å². The van der Waals surface area contributed by atoms with Gasteiger partial charge >= 0.3 is 5.97 Å². The lowest BCUT2D eigenvalue weighted by atomic mass is 10.00. The Kier molecular flexibility index (Phi) is 4.23. The number of nitrogens with zero attached hydrogens (tertiary/aromatic N) is 3. The van der Waals surface area contributed by atoms with E-state index in [1.807, 2.05) is 0 Å². The molecular formula is C15H12N4O4. The van der Waals surface area contributed by atoms with Crippen molar-refractivity contribution in [3.63, 3.8) is 0 Å². The molecule has 0 unspecified atom stereocenters. The second kappa shape index (κ2) is 6.11. The molecule has 0 saturated carbocycles. The highest BCUT2D eigenvalue weighted by Crippen LogP contribution is 2.17. The van der Waals surface area contributed by atoms with Gasteiger partial charge in [0.1, 0.15) is 11.6 Å². The maximum atomic E-state index is 12.1. The number of carboxylic acids is 1. The monoisotopic (exact) mass is 312 g/mol. The minimum Gasteiger partial charge on any atom is -0.478 e. The number of aromatic carboxylic acids is 1. The summed E-state index contributed by atoms with van der Waals surface area (Å²) in [6.45, 7) is 1.47. The van der Waals surface area contributed by atoms with Gasteiger partial charge in [0.15, 0.2) is 5.71 Å². The van der Waals surface area contributed by atoms with E-state index >= 15 is 0 Å². The third-order valence-electron chi connectivity index (χ3n) is 3.30. The molecule has 116 valence electrons. The fourth-order valence-corrected chi connectivity index (χ4v) is 1.93. The van der Waals surface area contributed by atoms with Gasteiger partial charge in [-0.25, -0.2) is 4.79 Å². The van der Waals surface area contributed by atoms with Crippen molar-refractivity contribution in [1.29, 1.82) is 5.26 Å². The molecule has 1 aromatic rings. The maximum Gasteiger partial charge on any atom is 0.335 e. The van der Waals surface area contributed by atoms with Gasteiger partial charge in [-0.15, -0.1) is 0 Å². The van der Waals surface area contributed by atoms with E-state index in [1.54, 1.807) is 6.07 Å². The van der Waals surface area contributed by atoms with Gasteiger partial charge in [-0.2, -0.15) is 10.4 Å². The lowest BCUT2D eigenvalue weighted by molar-refractivity contribution is -0.136. The summed E-state index contributed by atoms with van der Waals surface area (Å²) in [5.41, 5.74) is 3.18. The summed E-state index contributed by atoms with van der Waals surface area (Å²) >= 11 is 0. The lowest BCUT2D eigenvalue weighted by Gasteiger charge is -2.22. The molecule has 0 fully saturated rings. The summed E-state index contributed by atoms with van der Waals surface area (Å²) in [5.74, 6) is -2.34. The average molecular weight is 312 g/mol. The molecule has 1 aliphatic rings. The molecule has 0 aromatic heterocycles. The number of hydrogen-bond donors (Lipinski definition) is 2. The Morgan fingerprint density at radius 1 is 1.26 bits per heavy atom. The van der Waals surface area contributed by atoms with Gasteiger partial charge in [0.2, 0.25) is 0 Å². The van der Waals surface area contributed by atoms with Gasteiger partial charge in [-0.3, -0.25) is 19.9 Å². The van der Waals surface area contributed by atoms with Crippen molar-refractivity contribution in [3.8, 4) is 6.07 Å². The van der Waals surface area contributed by atoms with E-state index in [1.165, 1.54) is 38.2 Å². The number of carboxylic acid groups (broad SMARTS) is 1. The molecule has 2 amide bonds. The molecule has 8 heteroatoms. The zero-order valence-corrected chi connectivity index (χ0v) is 12.3. The Balaban J connectivity index is 2.32. The first kappa shape index (κ1) is 15.9. The van der Waals surface area contributed by atoms with E-state index < -0.39 is 17.8 Å². The van der Waals surface area contributed by atoms with Crippen molar-refractivity contribution in [1.82, 2.24) is 4.90 Å². The van der Waals surface area contributed by atoms with Crippen LogP contribution in [0.3, 0.4) is 0 Å². The van der Waals surface area contributed by atoms with E-state index in [0.29, 0.717) is 5.69 Å². The van der Waals surface area contributed by atoms with Gasteiger partial charge < -0.3 is 5.11 Å². The second-order valence-electron chi connectivity index (χ2n) is 4.74. The second-order valence-corrected chi connectivity index (χ2v) is 4.74. The largest absolute Gasteiger partial charge is 0.478 e. The molecule has 0 saturated heterocycles. The Hall–Kier alpha value is -3.47. The van der Waals surface area contributed by atoms with E-state index in [0.717, 1.165) is 4.90 Å². The Morgan fingerprint density at radius 2 is 1.87 bits per heavy atom. The van der Waals surface area contributed by atoms with Crippen molar-refractivity contribution in [2.75, 3.05) is 12.5 Å². The number of carbonyl (C=O) groups excluding carboxylic acids is 2. The summed E-state index contributed by atoms with van der Waals surface area (Å²) in [6, 6.07) is 7.50. The molecule has 0 bridgehead atoms. The number of amides is 2. The van der Waals surface area contributed by atoms with E-state index in [9.17, 15) is 14.4 Å². The summed E-state index contributed by atoms with van der Waals surface area (Å²) in [5, 5.41) is 21.8. The molecule has 8 nitrogen and oxygen atoms in total. The molecule has 0 radical (unpaired) electrons. The number of likely N-dealkylation sites (N-methyl/N-ethyl adjacent to an activating group) is 1. The molecule has 1 heterocycles. The molecular weight excluding hydrogens is 300 g/mol. The number of benzene rings is 1.